The molecule has 0 spiro atoms. The van der Waals surface area contributed by atoms with Gasteiger partial charge in [0.1, 0.15) is 22.5 Å². The van der Waals surface area contributed by atoms with Crippen molar-refractivity contribution < 1.29 is 28.6 Å². The smallest absolute Gasteiger partial charge is 0.324 e. The van der Waals surface area contributed by atoms with Crippen LogP contribution in [0.5, 0.6) is 5.75 Å². The van der Waals surface area contributed by atoms with Crippen LogP contribution in [0.1, 0.15) is 90.4 Å². The van der Waals surface area contributed by atoms with E-state index in [1.54, 1.807) is 77.9 Å². The second-order valence-corrected chi connectivity index (χ2v) is 13.4. The molecule has 0 amide bonds. The quantitative estimate of drug-likeness (QED) is 0.165. The molecule has 3 aromatic rings. The molecule has 236 valence electrons. The van der Waals surface area contributed by atoms with Gasteiger partial charge in [0.15, 0.2) is 16.7 Å². The molecule has 44 heavy (non-hydrogen) atoms. The van der Waals surface area contributed by atoms with Crippen molar-refractivity contribution in [3.63, 3.8) is 0 Å². The first kappa shape index (κ1) is 32.8. The zero-order chi connectivity index (χ0) is 32.1. The van der Waals surface area contributed by atoms with Gasteiger partial charge in [-0.1, -0.05) is 18.1 Å². The van der Waals surface area contributed by atoms with E-state index < -0.39 is 46.3 Å². The van der Waals surface area contributed by atoms with Crippen LogP contribution in [-0.4, -0.2) is 55.5 Å². The highest BCUT2D eigenvalue weighted by Crippen LogP contribution is 2.36. The van der Waals surface area contributed by atoms with E-state index in [-0.39, 0.29) is 18.5 Å². The Bertz CT molecular complexity index is 1520. The molecule has 0 radical (unpaired) electrons. The predicted molar refractivity (Wildman–Crippen MR) is 163 cm³/mol. The molecule has 11 heteroatoms. The van der Waals surface area contributed by atoms with Crippen molar-refractivity contribution in [3.05, 3.63) is 58.5 Å². The summed E-state index contributed by atoms with van der Waals surface area (Å²) in [6.07, 6.45) is 5.36. The minimum atomic E-state index is -2.09. The Balaban J connectivity index is 1.66. The fourth-order valence-electron chi connectivity index (χ4n) is 5.13. The van der Waals surface area contributed by atoms with Crippen molar-refractivity contribution in [2.45, 2.75) is 97.8 Å². The summed E-state index contributed by atoms with van der Waals surface area (Å²) in [4.78, 5) is 58.9. The molecular formula is C33H42N4O7. The monoisotopic (exact) mass is 606 g/mol. The summed E-state index contributed by atoms with van der Waals surface area (Å²) in [5.74, 6) is -1.15. The number of Topliss-reactive ketones (excluding diaryl/α,β-unsaturated/α-hetero) is 1. The van der Waals surface area contributed by atoms with Crippen LogP contribution in [-0.2, 0) is 25.6 Å². The number of ketones is 1. The number of carbonyl (C=O) groups is 3. The topological polar surface area (TPSA) is 140 Å². The molecule has 0 atom stereocenters. The first-order chi connectivity index (χ1) is 20.7. The lowest BCUT2D eigenvalue weighted by molar-refractivity contribution is -0.186. The molecule has 0 aliphatic heterocycles. The predicted octanol–water partition coefficient (Wildman–Crippen LogP) is 5.09. The maximum absolute atomic E-state index is 13.9. The molecule has 11 nitrogen and oxygen atoms in total. The SMILES string of the molecule is CC(C)(C)OC(=O)C(CCn1nnc2cccnc2c1=O)(CC(=O)c1ccc(OCC2CCCC2)cc1)C(=O)OC(C)(C)C. The van der Waals surface area contributed by atoms with Crippen molar-refractivity contribution in [1.82, 2.24) is 20.0 Å². The van der Waals surface area contributed by atoms with Gasteiger partial charge in [-0.25, -0.2) is 9.67 Å². The summed E-state index contributed by atoms with van der Waals surface area (Å²) in [5.41, 5.74) is -3.89. The second-order valence-electron chi connectivity index (χ2n) is 13.4. The molecule has 1 aliphatic rings. The van der Waals surface area contributed by atoms with Gasteiger partial charge in [-0.05, 0) is 103 Å². The number of ether oxygens (including phenoxy) is 3. The van der Waals surface area contributed by atoms with Crippen LogP contribution in [0.3, 0.4) is 0 Å². The Hall–Kier alpha value is -4.15. The van der Waals surface area contributed by atoms with Crippen LogP contribution in [0.4, 0.5) is 0 Å². The lowest BCUT2D eigenvalue weighted by atomic mass is 9.78. The van der Waals surface area contributed by atoms with Gasteiger partial charge in [-0.3, -0.25) is 19.2 Å². The van der Waals surface area contributed by atoms with Crippen LogP contribution in [0.25, 0.3) is 11.0 Å². The van der Waals surface area contributed by atoms with Crippen LogP contribution >= 0.6 is 0 Å². The van der Waals surface area contributed by atoms with Gasteiger partial charge in [0, 0.05) is 24.7 Å². The highest BCUT2D eigenvalue weighted by Gasteiger charge is 2.52. The molecule has 4 rings (SSSR count). The largest absolute Gasteiger partial charge is 0.493 e. The van der Waals surface area contributed by atoms with E-state index >= 15 is 0 Å². The van der Waals surface area contributed by atoms with Crippen molar-refractivity contribution >= 4 is 28.8 Å². The number of rotatable bonds is 11. The molecule has 0 saturated heterocycles. The summed E-state index contributed by atoms with van der Waals surface area (Å²) in [6.45, 7) is 10.4. The fraction of sp³-hybridized carbons (Fsp3) is 0.545. The minimum Gasteiger partial charge on any atom is -0.493 e. The molecule has 1 aliphatic carbocycles. The average Bonchev–Trinajstić information content (AvgIpc) is 3.47. The molecule has 2 aromatic heterocycles. The molecule has 0 bridgehead atoms. The van der Waals surface area contributed by atoms with Crippen molar-refractivity contribution in [2.24, 2.45) is 11.3 Å². The van der Waals surface area contributed by atoms with Gasteiger partial charge in [-0.2, -0.15) is 0 Å². The lowest BCUT2D eigenvalue weighted by Crippen LogP contribution is -2.49. The van der Waals surface area contributed by atoms with E-state index in [9.17, 15) is 19.2 Å². The summed E-state index contributed by atoms with van der Waals surface area (Å²) < 4.78 is 18.4. The van der Waals surface area contributed by atoms with Gasteiger partial charge in [0.25, 0.3) is 5.56 Å². The molecule has 0 unspecified atom stereocenters. The molecule has 2 heterocycles. The van der Waals surface area contributed by atoms with Crippen molar-refractivity contribution in [3.8, 4) is 5.75 Å². The van der Waals surface area contributed by atoms with E-state index in [4.69, 9.17) is 14.2 Å². The van der Waals surface area contributed by atoms with Crippen LogP contribution in [0, 0.1) is 11.3 Å². The Morgan fingerprint density at radius 3 is 2.11 bits per heavy atom. The summed E-state index contributed by atoms with van der Waals surface area (Å²) >= 11 is 0. The van der Waals surface area contributed by atoms with E-state index in [1.807, 2.05) is 0 Å². The van der Waals surface area contributed by atoms with Gasteiger partial charge in [-0.15, -0.1) is 5.10 Å². The van der Waals surface area contributed by atoms with Crippen LogP contribution < -0.4 is 10.3 Å². The Kier molecular flexibility index (Phi) is 9.85. The third-order valence-electron chi connectivity index (χ3n) is 7.41. The average molecular weight is 607 g/mol. The van der Waals surface area contributed by atoms with Crippen LogP contribution in [0.2, 0.25) is 0 Å². The number of carbonyl (C=O) groups excluding carboxylic acids is 3. The second kappa shape index (κ2) is 13.2. The number of nitrogens with zero attached hydrogens (tertiary/aromatic N) is 4. The van der Waals surface area contributed by atoms with Crippen LogP contribution in [0.15, 0.2) is 47.4 Å². The van der Waals surface area contributed by atoms with Crippen molar-refractivity contribution in [2.75, 3.05) is 6.61 Å². The number of benzene rings is 1. The maximum atomic E-state index is 13.9. The van der Waals surface area contributed by atoms with E-state index in [0.29, 0.717) is 29.4 Å². The third kappa shape index (κ3) is 8.27. The number of hydrogen-bond acceptors (Lipinski definition) is 10. The summed E-state index contributed by atoms with van der Waals surface area (Å²) in [6, 6.07) is 9.90. The summed E-state index contributed by atoms with van der Waals surface area (Å²) in [5, 5.41) is 8.03. The maximum Gasteiger partial charge on any atom is 0.324 e. The summed E-state index contributed by atoms with van der Waals surface area (Å²) in [7, 11) is 0. The number of aromatic nitrogens is 4. The van der Waals surface area contributed by atoms with E-state index in [1.165, 1.54) is 19.0 Å². The number of fused-ring (bicyclic) bond motifs is 1. The Morgan fingerprint density at radius 2 is 1.52 bits per heavy atom. The van der Waals surface area contributed by atoms with E-state index in [0.717, 1.165) is 17.5 Å². The highest BCUT2D eigenvalue weighted by atomic mass is 16.6. The number of esters is 2. The standard InChI is InChI=1S/C33H42N4O7/c1-31(2,3)43-29(40)33(30(41)44-32(4,5)6,17-19-37-28(39)27-25(35-36-37)12-9-18-34-27)20-26(38)23-13-15-24(16-14-23)42-21-22-10-7-8-11-22/h9,12-16,18,22H,7-8,10-11,17,19-21H2,1-6H3. The van der Waals surface area contributed by atoms with Gasteiger partial charge < -0.3 is 14.2 Å². The first-order valence-electron chi connectivity index (χ1n) is 15.1. The normalized spacial score (nSPS) is 14.4. The number of hydrogen-bond donors (Lipinski definition) is 0. The zero-order valence-electron chi connectivity index (χ0n) is 26.4. The lowest BCUT2D eigenvalue weighted by Gasteiger charge is -2.34. The molecule has 1 saturated carbocycles. The zero-order valence-corrected chi connectivity index (χ0v) is 26.4. The Labute approximate surface area is 257 Å². The fourth-order valence-corrected chi connectivity index (χ4v) is 5.13. The number of pyridine rings is 1. The molecule has 1 fully saturated rings. The molecular weight excluding hydrogens is 564 g/mol. The molecule has 1 aromatic carbocycles. The third-order valence-corrected chi connectivity index (χ3v) is 7.41. The van der Waals surface area contributed by atoms with Gasteiger partial charge in [0.2, 0.25) is 0 Å². The minimum absolute atomic E-state index is 0.0916. The van der Waals surface area contributed by atoms with Gasteiger partial charge in [0.05, 0.1) is 6.61 Å². The van der Waals surface area contributed by atoms with E-state index in [2.05, 4.69) is 15.3 Å². The highest BCUT2D eigenvalue weighted by molar-refractivity contribution is 6.07. The van der Waals surface area contributed by atoms with Gasteiger partial charge >= 0.3 is 11.9 Å². The molecule has 0 N–H and O–H groups in total. The van der Waals surface area contributed by atoms with Crippen molar-refractivity contribution in [1.29, 1.82) is 0 Å². The first-order valence-corrected chi connectivity index (χ1v) is 15.1. The Morgan fingerprint density at radius 1 is 0.909 bits per heavy atom. The number of aryl methyl sites for hydroxylation is 1.